The number of hydrogen-bond acceptors (Lipinski definition) is 7. The van der Waals surface area contributed by atoms with Crippen LogP contribution in [0.1, 0.15) is 32.1 Å². The van der Waals surface area contributed by atoms with Crippen molar-refractivity contribution in [3.8, 4) is 0 Å². The van der Waals surface area contributed by atoms with E-state index in [4.69, 9.17) is 4.74 Å². The second-order valence-corrected chi connectivity index (χ2v) is 11.1. The molecule has 0 N–H and O–H groups in total. The molecule has 10 heteroatoms. The number of carbonyl (C=O) groups excluding carboxylic acids is 1. The SMILES string of the molecule is CS(=O)(=O)c1cccc2sc(N(CCN3CCOCC3)C(=O)C3CCCCC3)nc12.Cl. The van der Waals surface area contributed by atoms with Crippen molar-refractivity contribution in [2.75, 3.05) is 50.5 Å². The predicted molar refractivity (Wildman–Crippen MR) is 126 cm³/mol. The molecule has 2 fully saturated rings. The summed E-state index contributed by atoms with van der Waals surface area (Å²) >= 11 is 1.40. The Hall–Kier alpha value is -1.26. The van der Waals surface area contributed by atoms with Gasteiger partial charge in [0.1, 0.15) is 5.52 Å². The standard InChI is InChI=1S/C21H29N3O4S2.ClH/c1-30(26,27)18-9-5-8-17-19(18)22-21(29-17)24(11-10-23-12-14-28-15-13-23)20(25)16-6-3-2-4-7-16;/h5,8-9,16H,2-4,6-7,10-15H2,1H3;1H. The first-order chi connectivity index (χ1) is 14.4. The highest BCUT2D eigenvalue weighted by Gasteiger charge is 2.30. The van der Waals surface area contributed by atoms with Crippen LogP contribution < -0.4 is 4.90 Å². The first-order valence-corrected chi connectivity index (χ1v) is 13.4. The van der Waals surface area contributed by atoms with Gasteiger partial charge in [0, 0.05) is 38.4 Å². The molecule has 172 valence electrons. The lowest BCUT2D eigenvalue weighted by atomic mass is 9.88. The summed E-state index contributed by atoms with van der Waals surface area (Å²) in [6.45, 7) is 4.48. The first kappa shape index (κ1) is 24.4. The summed E-state index contributed by atoms with van der Waals surface area (Å²) in [4.78, 5) is 22.5. The van der Waals surface area contributed by atoms with Gasteiger partial charge in [0.15, 0.2) is 15.0 Å². The van der Waals surface area contributed by atoms with Crippen LogP contribution in [0.3, 0.4) is 0 Å². The van der Waals surface area contributed by atoms with Gasteiger partial charge in [-0.1, -0.05) is 36.7 Å². The summed E-state index contributed by atoms with van der Waals surface area (Å²) in [7, 11) is -3.39. The van der Waals surface area contributed by atoms with E-state index >= 15 is 0 Å². The number of carbonyl (C=O) groups is 1. The molecule has 1 aliphatic heterocycles. The van der Waals surface area contributed by atoms with E-state index < -0.39 is 9.84 Å². The highest BCUT2D eigenvalue weighted by molar-refractivity contribution is 7.91. The smallest absolute Gasteiger partial charge is 0.231 e. The number of rotatable bonds is 6. The number of benzene rings is 1. The number of aromatic nitrogens is 1. The minimum atomic E-state index is -3.39. The highest BCUT2D eigenvalue weighted by atomic mass is 35.5. The Bertz CT molecular complexity index is 999. The number of sulfone groups is 1. The molecule has 7 nitrogen and oxygen atoms in total. The van der Waals surface area contributed by atoms with Crippen molar-refractivity contribution < 1.29 is 17.9 Å². The van der Waals surface area contributed by atoms with E-state index in [1.165, 1.54) is 24.0 Å². The van der Waals surface area contributed by atoms with Gasteiger partial charge in [-0.25, -0.2) is 13.4 Å². The third-order valence-corrected chi connectivity index (χ3v) is 8.14. The van der Waals surface area contributed by atoms with Gasteiger partial charge in [-0.05, 0) is 25.0 Å². The van der Waals surface area contributed by atoms with Crippen LogP contribution in [0.4, 0.5) is 5.13 Å². The van der Waals surface area contributed by atoms with Crippen molar-refractivity contribution >= 4 is 54.8 Å². The molecule has 0 atom stereocenters. The van der Waals surface area contributed by atoms with E-state index in [1.54, 1.807) is 12.1 Å². The zero-order valence-corrected chi connectivity index (χ0v) is 20.2. The number of halogens is 1. The van der Waals surface area contributed by atoms with Gasteiger partial charge >= 0.3 is 0 Å². The maximum atomic E-state index is 13.5. The number of para-hydroxylation sites is 1. The Labute approximate surface area is 194 Å². The van der Waals surface area contributed by atoms with Crippen molar-refractivity contribution in [2.45, 2.75) is 37.0 Å². The Kier molecular flexibility index (Phi) is 8.31. The Balaban J connectivity index is 0.00000272. The van der Waals surface area contributed by atoms with Crippen molar-refractivity contribution in [1.29, 1.82) is 0 Å². The zero-order chi connectivity index (χ0) is 21.1. The maximum absolute atomic E-state index is 13.5. The van der Waals surface area contributed by atoms with Gasteiger partial charge in [-0.2, -0.15) is 0 Å². The van der Waals surface area contributed by atoms with Crippen molar-refractivity contribution in [3.63, 3.8) is 0 Å². The van der Waals surface area contributed by atoms with Crippen LogP contribution in [-0.2, 0) is 19.4 Å². The summed E-state index contributed by atoms with van der Waals surface area (Å²) in [5, 5.41) is 0.602. The predicted octanol–water partition coefficient (Wildman–Crippen LogP) is 3.37. The number of anilines is 1. The molecule has 1 aliphatic carbocycles. The van der Waals surface area contributed by atoms with Crippen molar-refractivity contribution in [3.05, 3.63) is 18.2 Å². The van der Waals surface area contributed by atoms with Crippen LogP contribution in [-0.4, -0.2) is 69.9 Å². The summed E-state index contributed by atoms with van der Waals surface area (Å²) in [5.41, 5.74) is 0.466. The summed E-state index contributed by atoms with van der Waals surface area (Å²) < 4.78 is 30.6. The lowest BCUT2D eigenvalue weighted by Crippen LogP contribution is -2.45. The molecule has 0 unspecified atom stereocenters. The molecule has 1 aromatic heterocycles. The number of morpholine rings is 1. The number of ether oxygens (including phenoxy) is 1. The van der Waals surface area contributed by atoms with E-state index in [1.807, 2.05) is 11.0 Å². The quantitative estimate of drug-likeness (QED) is 0.621. The van der Waals surface area contributed by atoms with E-state index in [0.717, 1.165) is 63.2 Å². The van der Waals surface area contributed by atoms with Gasteiger partial charge in [0.25, 0.3) is 0 Å². The topological polar surface area (TPSA) is 79.8 Å². The first-order valence-electron chi connectivity index (χ1n) is 10.6. The van der Waals surface area contributed by atoms with Crippen LogP contribution in [0.5, 0.6) is 0 Å². The molecule has 2 heterocycles. The molecule has 2 aromatic rings. The minimum absolute atomic E-state index is 0. The number of hydrogen-bond donors (Lipinski definition) is 0. The van der Waals surface area contributed by atoms with E-state index in [9.17, 15) is 13.2 Å². The van der Waals surface area contributed by atoms with Crippen molar-refractivity contribution in [2.24, 2.45) is 5.92 Å². The van der Waals surface area contributed by atoms with Crippen LogP contribution in [0.25, 0.3) is 10.2 Å². The van der Waals surface area contributed by atoms with Gasteiger partial charge < -0.3 is 4.74 Å². The normalized spacial score (nSPS) is 18.6. The summed E-state index contributed by atoms with van der Waals surface area (Å²) in [6, 6.07) is 5.19. The number of nitrogens with zero attached hydrogens (tertiary/aromatic N) is 3. The van der Waals surface area contributed by atoms with E-state index in [0.29, 0.717) is 17.2 Å². The molecule has 1 amide bonds. The molecule has 4 rings (SSSR count). The number of thiazole rings is 1. The molecule has 0 spiro atoms. The average molecular weight is 488 g/mol. The van der Waals surface area contributed by atoms with Crippen LogP contribution in [0, 0.1) is 5.92 Å². The fourth-order valence-corrected chi connectivity index (χ4v) is 6.18. The Morgan fingerprint density at radius 3 is 2.61 bits per heavy atom. The van der Waals surface area contributed by atoms with Gasteiger partial charge in [0.2, 0.25) is 5.91 Å². The monoisotopic (exact) mass is 487 g/mol. The third-order valence-electron chi connectivity index (χ3n) is 5.97. The second-order valence-electron chi connectivity index (χ2n) is 8.15. The van der Waals surface area contributed by atoms with Crippen LogP contribution in [0.15, 0.2) is 23.1 Å². The molecule has 2 aliphatic rings. The van der Waals surface area contributed by atoms with Crippen molar-refractivity contribution in [1.82, 2.24) is 9.88 Å². The zero-order valence-electron chi connectivity index (χ0n) is 17.8. The molecule has 1 saturated heterocycles. The largest absolute Gasteiger partial charge is 0.379 e. The number of amides is 1. The summed E-state index contributed by atoms with van der Waals surface area (Å²) in [6.07, 6.45) is 6.41. The number of fused-ring (bicyclic) bond motifs is 1. The van der Waals surface area contributed by atoms with Gasteiger partial charge in [-0.15, -0.1) is 12.4 Å². The third kappa shape index (κ3) is 5.76. The highest BCUT2D eigenvalue weighted by Crippen LogP contribution is 2.34. The fourth-order valence-electron chi connectivity index (χ4n) is 4.26. The van der Waals surface area contributed by atoms with Gasteiger partial charge in [0.05, 0.1) is 22.8 Å². The Morgan fingerprint density at radius 2 is 1.94 bits per heavy atom. The molecule has 0 bridgehead atoms. The molecule has 1 saturated carbocycles. The second kappa shape index (κ2) is 10.6. The molecule has 0 radical (unpaired) electrons. The van der Waals surface area contributed by atoms with Crippen LogP contribution in [0.2, 0.25) is 0 Å². The molecule has 31 heavy (non-hydrogen) atoms. The maximum Gasteiger partial charge on any atom is 0.231 e. The average Bonchev–Trinajstić information content (AvgIpc) is 3.18. The molecule has 1 aromatic carbocycles. The lowest BCUT2D eigenvalue weighted by Gasteiger charge is -2.31. The molecular weight excluding hydrogens is 458 g/mol. The van der Waals surface area contributed by atoms with E-state index in [-0.39, 0.29) is 29.1 Å². The molecular formula is C21H30ClN3O4S2. The minimum Gasteiger partial charge on any atom is -0.379 e. The van der Waals surface area contributed by atoms with Crippen LogP contribution >= 0.6 is 23.7 Å². The van der Waals surface area contributed by atoms with E-state index in [2.05, 4.69) is 9.88 Å². The van der Waals surface area contributed by atoms with Gasteiger partial charge in [-0.3, -0.25) is 14.6 Å². The summed E-state index contributed by atoms with van der Waals surface area (Å²) in [5.74, 6) is 0.160. The Morgan fingerprint density at radius 1 is 1.23 bits per heavy atom. The fraction of sp³-hybridized carbons (Fsp3) is 0.619. The lowest BCUT2D eigenvalue weighted by molar-refractivity contribution is -0.123.